The van der Waals surface area contributed by atoms with Gasteiger partial charge < -0.3 is 0 Å². The van der Waals surface area contributed by atoms with E-state index in [0.717, 1.165) is 55.1 Å². The van der Waals surface area contributed by atoms with Gasteiger partial charge in [0.1, 0.15) is 11.1 Å². The first-order valence-corrected chi connectivity index (χ1v) is 14.7. The summed E-state index contributed by atoms with van der Waals surface area (Å²) >= 11 is 4.48. The lowest BCUT2D eigenvalue weighted by atomic mass is 10.1. The van der Waals surface area contributed by atoms with Crippen LogP contribution in [0.5, 0.6) is 0 Å². The van der Waals surface area contributed by atoms with Crippen LogP contribution in [0.15, 0.2) is 35.4 Å². The average Bonchev–Trinajstić information content (AvgIpc) is 3.67. The van der Waals surface area contributed by atoms with Gasteiger partial charge in [0.05, 0.1) is 0 Å². The topological polar surface area (TPSA) is 115 Å². The Balaban J connectivity index is 1.44. The van der Waals surface area contributed by atoms with Crippen LogP contribution in [0.1, 0.15) is 20.9 Å². The summed E-state index contributed by atoms with van der Waals surface area (Å²) in [5.74, 6) is -2.54. The first kappa shape index (κ1) is 28.3. The number of hydrogen-bond acceptors (Lipinski definition) is 9. The van der Waals surface area contributed by atoms with E-state index >= 15 is 0 Å². The molecule has 210 valence electrons. The lowest BCUT2D eigenvalue weighted by Gasteiger charge is -2.28. The van der Waals surface area contributed by atoms with Crippen molar-refractivity contribution in [1.82, 2.24) is 19.6 Å². The fraction of sp³-hybridized carbons (Fsp3) is 0.214. The second-order valence-corrected chi connectivity index (χ2v) is 12.9. The number of carbonyl (C=O) groups excluding carboxylic acids is 6. The van der Waals surface area contributed by atoms with Gasteiger partial charge in [-0.3, -0.25) is 38.8 Å². The summed E-state index contributed by atoms with van der Waals surface area (Å²) in [5, 5.41) is 0. The Morgan fingerprint density at radius 3 is 1.49 bits per heavy atom. The molecule has 3 aromatic heterocycles. The van der Waals surface area contributed by atoms with Gasteiger partial charge in [-0.2, -0.15) is 0 Å². The monoisotopic (exact) mass is 608 g/mol. The second-order valence-electron chi connectivity index (χ2n) is 9.62. The highest BCUT2D eigenvalue weighted by Gasteiger charge is 2.39. The van der Waals surface area contributed by atoms with Crippen LogP contribution < -0.4 is 0 Å². The molecule has 2 aliphatic heterocycles. The molecule has 0 atom stereocenters. The van der Waals surface area contributed by atoms with Gasteiger partial charge >= 0.3 is 12.1 Å². The predicted molar refractivity (Wildman–Crippen MR) is 158 cm³/mol. The second kappa shape index (κ2) is 10.3. The van der Waals surface area contributed by atoms with Crippen molar-refractivity contribution in [2.24, 2.45) is 0 Å². The predicted octanol–water partition coefficient (Wildman–Crippen LogP) is 4.69. The highest BCUT2D eigenvalue weighted by molar-refractivity contribution is 7.27. The molecule has 2 saturated heterocycles. The van der Waals surface area contributed by atoms with E-state index in [1.165, 1.54) is 63.0 Å². The largest absolute Gasteiger partial charge is 0.333 e. The number of barbiturate groups is 2. The molecular formula is C28H24N4O6S3. The maximum absolute atomic E-state index is 12.6. The lowest BCUT2D eigenvalue weighted by Crippen LogP contribution is -2.52. The zero-order chi connectivity index (χ0) is 29.9. The molecule has 0 radical (unpaired) electrons. The molecule has 2 fully saturated rings. The van der Waals surface area contributed by atoms with Crippen molar-refractivity contribution < 1.29 is 28.8 Å². The van der Waals surface area contributed by atoms with Gasteiger partial charge in [-0.25, -0.2) is 9.59 Å². The van der Waals surface area contributed by atoms with Crippen LogP contribution in [0.2, 0.25) is 0 Å². The van der Waals surface area contributed by atoms with Crippen LogP contribution in [-0.4, -0.2) is 83.5 Å². The lowest BCUT2D eigenvalue weighted by molar-refractivity contribution is -0.135. The molecule has 2 aliphatic rings. The number of nitrogens with zero attached hydrogens (tertiary/aromatic N) is 4. The van der Waals surface area contributed by atoms with Gasteiger partial charge in [-0.15, -0.1) is 34.0 Å². The first-order chi connectivity index (χ1) is 19.3. The zero-order valence-corrected chi connectivity index (χ0v) is 25.4. The maximum atomic E-state index is 12.6. The smallest absolute Gasteiger partial charge is 0.268 e. The number of aryl methyl sites for hydroxylation is 2. The zero-order valence-electron chi connectivity index (χ0n) is 22.9. The van der Waals surface area contributed by atoms with Crippen molar-refractivity contribution in [2.45, 2.75) is 13.8 Å². The SMILES string of the molecule is Cc1cc(C=C2C(=O)N(C)C(=O)N(C)C2=O)sc1-c1cc(C)c(-c2ccc(C=C3C(=O)N(C)C(=O)N(C)C3=O)s2)s1. The van der Waals surface area contributed by atoms with Crippen molar-refractivity contribution >= 4 is 81.9 Å². The third kappa shape index (κ3) is 4.75. The molecule has 10 nitrogen and oxygen atoms in total. The van der Waals surface area contributed by atoms with E-state index in [2.05, 4.69) is 6.07 Å². The van der Waals surface area contributed by atoms with Crippen molar-refractivity contribution in [3.05, 3.63) is 56.3 Å². The van der Waals surface area contributed by atoms with Gasteiger partial charge in [-0.05, 0) is 61.4 Å². The molecule has 0 bridgehead atoms. The van der Waals surface area contributed by atoms with Crippen LogP contribution >= 0.6 is 34.0 Å². The Bertz CT molecular complexity index is 1700. The third-order valence-corrected chi connectivity index (χ3v) is 10.6. The van der Waals surface area contributed by atoms with Gasteiger partial charge in [0.2, 0.25) is 0 Å². The van der Waals surface area contributed by atoms with E-state index in [0.29, 0.717) is 4.88 Å². The van der Waals surface area contributed by atoms with Crippen LogP contribution in [-0.2, 0) is 19.2 Å². The third-order valence-electron chi connectivity index (χ3n) is 6.79. The molecule has 0 spiro atoms. The Morgan fingerprint density at radius 1 is 0.537 bits per heavy atom. The minimum absolute atomic E-state index is 0.0673. The average molecular weight is 609 g/mol. The van der Waals surface area contributed by atoms with E-state index in [1.54, 1.807) is 11.3 Å². The van der Waals surface area contributed by atoms with Crippen LogP contribution in [0.25, 0.3) is 31.7 Å². The van der Waals surface area contributed by atoms with E-state index in [1.807, 2.05) is 32.0 Å². The van der Waals surface area contributed by atoms with Gasteiger partial charge in [-0.1, -0.05) is 0 Å². The van der Waals surface area contributed by atoms with E-state index in [9.17, 15) is 28.8 Å². The van der Waals surface area contributed by atoms with Crippen molar-refractivity contribution in [3.8, 4) is 19.5 Å². The Labute approximate surface area is 247 Å². The summed E-state index contributed by atoms with van der Waals surface area (Å²) in [5.41, 5.74) is 1.89. The normalized spacial score (nSPS) is 16.5. The quantitative estimate of drug-likeness (QED) is 0.314. The fourth-order valence-corrected chi connectivity index (χ4v) is 8.03. The number of likely N-dealkylation sites (N-methyl/N-ethyl adjacent to an activating group) is 4. The highest BCUT2D eigenvalue weighted by Crippen LogP contribution is 2.44. The molecule has 0 unspecified atom stereocenters. The summed E-state index contributed by atoms with van der Waals surface area (Å²) in [4.78, 5) is 83.5. The molecule has 0 N–H and O–H groups in total. The number of carbonyl (C=O) groups is 6. The standard InChI is InChI=1S/C28H24N4O6S3/c1-13-9-16(12-18-25(35)31(5)28(38)32(6)26(18)36)40-22(13)20-10-14(2)21(41-20)19-8-7-15(39-19)11-17-23(33)29(3)27(37)30(4)24(17)34/h7-12H,1-6H3. The minimum atomic E-state index is -0.666. The molecule has 0 saturated carbocycles. The summed E-state index contributed by atoms with van der Waals surface area (Å²) in [7, 11) is 5.37. The summed E-state index contributed by atoms with van der Waals surface area (Å²) in [6.07, 6.45) is 3.05. The molecule has 0 aliphatic carbocycles. The van der Waals surface area contributed by atoms with Gasteiger partial charge in [0, 0.05) is 57.5 Å². The number of imide groups is 4. The number of thiophene rings is 3. The summed E-state index contributed by atoms with van der Waals surface area (Å²) in [6.45, 7) is 3.96. The fourth-order valence-electron chi connectivity index (χ4n) is 4.45. The number of urea groups is 2. The molecule has 0 aromatic carbocycles. The van der Waals surface area contributed by atoms with Gasteiger partial charge in [0.15, 0.2) is 0 Å². The number of rotatable bonds is 4. The Morgan fingerprint density at radius 2 is 0.976 bits per heavy atom. The molecule has 5 heterocycles. The van der Waals surface area contributed by atoms with Crippen molar-refractivity contribution in [3.63, 3.8) is 0 Å². The minimum Gasteiger partial charge on any atom is -0.268 e. The van der Waals surface area contributed by atoms with E-state index in [-0.39, 0.29) is 11.1 Å². The molecule has 41 heavy (non-hydrogen) atoms. The Hall–Kier alpha value is -4.20. The van der Waals surface area contributed by atoms with Crippen molar-refractivity contribution in [1.29, 1.82) is 0 Å². The molecule has 3 aromatic rings. The maximum Gasteiger partial charge on any atom is 0.333 e. The number of amides is 8. The van der Waals surface area contributed by atoms with Gasteiger partial charge in [0.25, 0.3) is 23.6 Å². The van der Waals surface area contributed by atoms with Crippen molar-refractivity contribution in [2.75, 3.05) is 28.2 Å². The first-order valence-electron chi connectivity index (χ1n) is 12.2. The summed E-state index contributed by atoms with van der Waals surface area (Å²) in [6, 6.07) is 6.42. The highest BCUT2D eigenvalue weighted by atomic mass is 32.1. The summed E-state index contributed by atoms with van der Waals surface area (Å²) < 4.78 is 0. The molecule has 8 amide bonds. The van der Waals surface area contributed by atoms with Crippen LogP contribution in [0.4, 0.5) is 9.59 Å². The molecular weight excluding hydrogens is 585 g/mol. The van der Waals surface area contributed by atoms with Crippen LogP contribution in [0.3, 0.4) is 0 Å². The van der Waals surface area contributed by atoms with Crippen LogP contribution in [0, 0.1) is 13.8 Å². The molecule has 5 rings (SSSR count). The number of hydrogen-bond donors (Lipinski definition) is 0. The van der Waals surface area contributed by atoms with E-state index < -0.39 is 35.7 Å². The Kier molecular flexibility index (Phi) is 7.14. The molecule has 13 heteroatoms. The van der Waals surface area contributed by atoms with E-state index in [4.69, 9.17) is 0 Å².